The lowest BCUT2D eigenvalue weighted by molar-refractivity contribution is -0.156. The summed E-state index contributed by atoms with van der Waals surface area (Å²) in [4.78, 5) is 0. The van der Waals surface area contributed by atoms with Crippen LogP contribution in [0.4, 0.5) is 0 Å². The molecule has 0 N–H and O–H groups in total. The Morgan fingerprint density at radius 1 is 1.27 bits per heavy atom. The van der Waals surface area contributed by atoms with Crippen LogP contribution in [0, 0.1) is 0 Å². The van der Waals surface area contributed by atoms with Crippen molar-refractivity contribution >= 4 is 22.6 Å². The molecule has 3 heteroatoms. The Kier molecular flexibility index (Phi) is 2.52. The molecule has 1 atom stereocenters. The first-order chi connectivity index (χ1) is 4.87. The van der Waals surface area contributed by atoms with Crippen molar-refractivity contribution in [1.82, 2.24) is 0 Å². The minimum Gasteiger partial charge on any atom is -0.343 e. The second kappa shape index (κ2) is 2.85. The summed E-state index contributed by atoms with van der Waals surface area (Å²) in [5.74, 6) is -0.403. The number of halogens is 1. The van der Waals surface area contributed by atoms with E-state index in [0.717, 1.165) is 4.43 Å². The quantitative estimate of drug-likeness (QED) is 0.538. The van der Waals surface area contributed by atoms with E-state index in [1.165, 1.54) is 0 Å². The second-order valence-corrected chi connectivity index (χ2v) is 4.75. The fourth-order valence-electron chi connectivity index (χ4n) is 1.43. The minimum absolute atomic E-state index is 0.134. The third-order valence-corrected chi connectivity index (χ3v) is 2.65. The number of alkyl halides is 1. The highest BCUT2D eigenvalue weighted by atomic mass is 127. The smallest absolute Gasteiger partial charge is 0.164 e. The van der Waals surface area contributed by atoms with Gasteiger partial charge in [0.2, 0.25) is 0 Å². The Balaban J connectivity index is 2.71. The molecule has 66 valence electrons. The van der Waals surface area contributed by atoms with Gasteiger partial charge in [-0.15, -0.1) is 0 Å². The normalized spacial score (nSPS) is 34.1. The molecule has 0 spiro atoms. The van der Waals surface area contributed by atoms with Gasteiger partial charge in [-0.3, -0.25) is 0 Å². The SMILES string of the molecule is CC1(C)O[C@H](CI)C(C)(C)O1. The van der Waals surface area contributed by atoms with E-state index < -0.39 is 5.79 Å². The van der Waals surface area contributed by atoms with Crippen molar-refractivity contribution in [2.75, 3.05) is 4.43 Å². The van der Waals surface area contributed by atoms with Crippen molar-refractivity contribution in [2.45, 2.75) is 45.2 Å². The van der Waals surface area contributed by atoms with Crippen LogP contribution in [0.25, 0.3) is 0 Å². The molecule has 11 heavy (non-hydrogen) atoms. The average molecular weight is 270 g/mol. The van der Waals surface area contributed by atoms with E-state index in [1.807, 2.05) is 13.8 Å². The standard InChI is InChI=1S/C8H15IO2/c1-7(2)6(5-9)10-8(3,4)11-7/h6H,5H2,1-4H3/t6-/m1/s1. The first-order valence-electron chi connectivity index (χ1n) is 3.81. The summed E-state index contributed by atoms with van der Waals surface area (Å²) < 4.78 is 12.4. The maximum atomic E-state index is 5.71. The zero-order chi connectivity index (χ0) is 8.70. The van der Waals surface area contributed by atoms with Crippen molar-refractivity contribution in [3.05, 3.63) is 0 Å². The monoisotopic (exact) mass is 270 g/mol. The van der Waals surface area contributed by atoms with E-state index in [0.29, 0.717) is 0 Å². The molecule has 0 unspecified atom stereocenters. The molecule has 1 fully saturated rings. The van der Waals surface area contributed by atoms with Gasteiger partial charge in [0.25, 0.3) is 0 Å². The molecule has 0 amide bonds. The summed E-state index contributed by atoms with van der Waals surface area (Å²) in [6.07, 6.45) is 0.220. The van der Waals surface area contributed by atoms with Crippen LogP contribution in [0.3, 0.4) is 0 Å². The Bertz CT molecular complexity index is 154. The Hall–Kier alpha value is 0.650. The maximum absolute atomic E-state index is 5.71. The molecule has 1 rings (SSSR count). The molecular weight excluding hydrogens is 255 g/mol. The van der Waals surface area contributed by atoms with Crippen LogP contribution in [0.5, 0.6) is 0 Å². The Morgan fingerprint density at radius 2 is 1.82 bits per heavy atom. The largest absolute Gasteiger partial charge is 0.343 e. The van der Waals surface area contributed by atoms with Crippen LogP contribution in [0.2, 0.25) is 0 Å². The molecule has 1 saturated heterocycles. The fourth-order valence-corrected chi connectivity index (χ4v) is 2.67. The molecule has 0 bridgehead atoms. The van der Waals surface area contributed by atoms with Gasteiger partial charge in [-0.2, -0.15) is 0 Å². The van der Waals surface area contributed by atoms with E-state index in [9.17, 15) is 0 Å². The van der Waals surface area contributed by atoms with Crippen molar-refractivity contribution < 1.29 is 9.47 Å². The lowest BCUT2D eigenvalue weighted by atomic mass is 10.0. The van der Waals surface area contributed by atoms with Gasteiger partial charge in [-0.1, -0.05) is 22.6 Å². The summed E-state index contributed by atoms with van der Waals surface area (Å²) in [5.41, 5.74) is -0.134. The molecule has 1 aliphatic heterocycles. The second-order valence-electron chi connectivity index (χ2n) is 3.87. The molecular formula is C8H15IO2. The first-order valence-corrected chi connectivity index (χ1v) is 5.34. The highest BCUT2D eigenvalue weighted by molar-refractivity contribution is 14.1. The number of hydrogen-bond acceptors (Lipinski definition) is 2. The molecule has 0 aromatic heterocycles. The lowest BCUT2D eigenvalue weighted by Crippen LogP contribution is -2.34. The van der Waals surface area contributed by atoms with Gasteiger partial charge in [0.15, 0.2) is 5.79 Å². The molecule has 0 aromatic rings. The first kappa shape index (κ1) is 9.74. The average Bonchev–Trinajstić information content (AvgIpc) is 1.99. The van der Waals surface area contributed by atoms with Crippen molar-refractivity contribution in [3.63, 3.8) is 0 Å². The number of hydrogen-bond donors (Lipinski definition) is 0. The zero-order valence-electron chi connectivity index (χ0n) is 7.48. The van der Waals surface area contributed by atoms with E-state index in [4.69, 9.17) is 9.47 Å². The topological polar surface area (TPSA) is 18.5 Å². The van der Waals surface area contributed by atoms with Gasteiger partial charge in [0.05, 0.1) is 11.7 Å². The molecule has 0 aromatic carbocycles. The van der Waals surface area contributed by atoms with Crippen molar-refractivity contribution in [3.8, 4) is 0 Å². The third kappa shape index (κ3) is 2.06. The van der Waals surface area contributed by atoms with Gasteiger partial charge in [-0.25, -0.2) is 0 Å². The summed E-state index contributed by atoms with van der Waals surface area (Å²) in [7, 11) is 0. The van der Waals surface area contributed by atoms with Crippen LogP contribution in [0.1, 0.15) is 27.7 Å². The van der Waals surface area contributed by atoms with Gasteiger partial charge in [0.1, 0.15) is 0 Å². The zero-order valence-corrected chi connectivity index (χ0v) is 9.64. The summed E-state index contributed by atoms with van der Waals surface area (Å²) in [6, 6.07) is 0. The Morgan fingerprint density at radius 3 is 2.00 bits per heavy atom. The van der Waals surface area contributed by atoms with Crippen LogP contribution in [0.15, 0.2) is 0 Å². The lowest BCUT2D eigenvalue weighted by Gasteiger charge is -2.22. The highest BCUT2D eigenvalue weighted by Crippen LogP contribution is 2.36. The van der Waals surface area contributed by atoms with Gasteiger partial charge in [0, 0.05) is 4.43 Å². The Labute approximate surface area is 81.8 Å². The van der Waals surface area contributed by atoms with Crippen LogP contribution < -0.4 is 0 Å². The predicted octanol–water partition coefficient (Wildman–Crippen LogP) is 2.35. The van der Waals surface area contributed by atoms with Gasteiger partial charge in [-0.05, 0) is 27.7 Å². The van der Waals surface area contributed by atoms with Gasteiger partial charge >= 0.3 is 0 Å². The van der Waals surface area contributed by atoms with Crippen LogP contribution >= 0.6 is 22.6 Å². The number of ether oxygens (including phenoxy) is 2. The molecule has 0 saturated carbocycles. The highest BCUT2D eigenvalue weighted by Gasteiger charge is 2.46. The summed E-state index contributed by atoms with van der Waals surface area (Å²) >= 11 is 2.33. The summed E-state index contributed by atoms with van der Waals surface area (Å²) in [5, 5.41) is 0. The minimum atomic E-state index is -0.403. The number of rotatable bonds is 1. The van der Waals surface area contributed by atoms with E-state index >= 15 is 0 Å². The van der Waals surface area contributed by atoms with Crippen molar-refractivity contribution in [2.24, 2.45) is 0 Å². The van der Waals surface area contributed by atoms with E-state index in [1.54, 1.807) is 0 Å². The van der Waals surface area contributed by atoms with E-state index in [-0.39, 0.29) is 11.7 Å². The van der Waals surface area contributed by atoms with Crippen LogP contribution in [-0.4, -0.2) is 21.9 Å². The third-order valence-electron chi connectivity index (χ3n) is 1.85. The maximum Gasteiger partial charge on any atom is 0.164 e. The summed E-state index contributed by atoms with van der Waals surface area (Å²) in [6.45, 7) is 8.07. The predicted molar refractivity (Wildman–Crippen MR) is 53.0 cm³/mol. The molecule has 0 radical (unpaired) electrons. The molecule has 1 heterocycles. The molecule has 1 aliphatic rings. The van der Waals surface area contributed by atoms with Crippen molar-refractivity contribution in [1.29, 1.82) is 0 Å². The molecule has 0 aliphatic carbocycles. The molecule has 2 nitrogen and oxygen atoms in total. The van der Waals surface area contributed by atoms with Crippen LogP contribution in [-0.2, 0) is 9.47 Å². The van der Waals surface area contributed by atoms with E-state index in [2.05, 4.69) is 36.4 Å². The van der Waals surface area contributed by atoms with Gasteiger partial charge < -0.3 is 9.47 Å². The fraction of sp³-hybridized carbons (Fsp3) is 1.00.